The molecular formula is C19H21Cl3N2O2. The first-order valence-electron chi connectivity index (χ1n) is 8.20. The summed E-state index contributed by atoms with van der Waals surface area (Å²) in [6.45, 7) is 0.155. The Bertz CT molecular complexity index is 770. The van der Waals surface area contributed by atoms with E-state index in [2.05, 4.69) is 16.7 Å². The number of fused-ring (bicyclic) bond motifs is 1. The summed E-state index contributed by atoms with van der Waals surface area (Å²) in [6.07, 6.45) is 2.67. The number of hydrogen-bond acceptors (Lipinski definition) is 3. The molecule has 1 aliphatic rings. The smallest absolute Gasteiger partial charge is 0.209 e. The van der Waals surface area contributed by atoms with Gasteiger partial charge in [0.25, 0.3) is 0 Å². The van der Waals surface area contributed by atoms with Crippen molar-refractivity contribution in [2.24, 2.45) is 0 Å². The van der Waals surface area contributed by atoms with Crippen LogP contribution in [0.5, 0.6) is 5.75 Å². The quantitative estimate of drug-likeness (QED) is 0.409. The van der Waals surface area contributed by atoms with E-state index in [1.54, 1.807) is 0 Å². The number of carbonyl (C=O) groups excluding carboxylic acids is 1. The second kappa shape index (κ2) is 9.47. The lowest BCUT2D eigenvalue weighted by atomic mass is 9.76. The first kappa shape index (κ1) is 20.8. The fraction of sp³-hybridized carbons (Fsp3) is 0.316. The summed E-state index contributed by atoms with van der Waals surface area (Å²) in [6, 6.07) is 12.2. The molecule has 0 radical (unpaired) electrons. The maximum Gasteiger partial charge on any atom is 0.209 e. The van der Waals surface area contributed by atoms with Crippen LogP contribution >= 0.6 is 35.6 Å². The predicted molar refractivity (Wildman–Crippen MR) is 108 cm³/mol. The van der Waals surface area contributed by atoms with E-state index in [-0.39, 0.29) is 31.1 Å². The highest BCUT2D eigenvalue weighted by Crippen LogP contribution is 2.43. The average Bonchev–Trinajstić information content (AvgIpc) is 2.63. The van der Waals surface area contributed by atoms with Crippen LogP contribution in [0, 0.1) is 0 Å². The van der Waals surface area contributed by atoms with Crippen molar-refractivity contribution in [2.75, 3.05) is 13.8 Å². The lowest BCUT2D eigenvalue weighted by Crippen LogP contribution is -2.24. The zero-order valence-corrected chi connectivity index (χ0v) is 16.6. The van der Waals surface area contributed by atoms with Gasteiger partial charge in [0.2, 0.25) is 6.41 Å². The van der Waals surface area contributed by atoms with Gasteiger partial charge in [-0.15, -0.1) is 12.4 Å². The van der Waals surface area contributed by atoms with Crippen LogP contribution in [0.15, 0.2) is 36.4 Å². The van der Waals surface area contributed by atoms with E-state index < -0.39 is 0 Å². The highest BCUT2D eigenvalue weighted by atomic mass is 35.5. The van der Waals surface area contributed by atoms with Crippen molar-refractivity contribution in [1.29, 1.82) is 0 Å². The minimum absolute atomic E-state index is 0. The van der Waals surface area contributed by atoms with E-state index >= 15 is 0 Å². The van der Waals surface area contributed by atoms with E-state index in [0.717, 1.165) is 18.6 Å². The van der Waals surface area contributed by atoms with Crippen molar-refractivity contribution >= 4 is 42.0 Å². The van der Waals surface area contributed by atoms with Gasteiger partial charge in [-0.05, 0) is 60.8 Å². The Morgan fingerprint density at radius 1 is 1.12 bits per heavy atom. The molecule has 4 nitrogen and oxygen atoms in total. The van der Waals surface area contributed by atoms with Crippen molar-refractivity contribution in [1.82, 2.24) is 10.6 Å². The van der Waals surface area contributed by atoms with Crippen LogP contribution < -0.4 is 15.4 Å². The van der Waals surface area contributed by atoms with Gasteiger partial charge >= 0.3 is 0 Å². The molecule has 0 unspecified atom stereocenters. The molecule has 0 saturated carbocycles. The van der Waals surface area contributed by atoms with Gasteiger partial charge in [0, 0.05) is 12.0 Å². The van der Waals surface area contributed by atoms with Gasteiger partial charge < -0.3 is 15.4 Å². The Hall–Kier alpha value is -1.46. The molecule has 0 bridgehead atoms. The second-order valence-corrected chi connectivity index (χ2v) is 6.86. The number of carbonyl (C=O) groups is 1. The molecule has 2 atom stereocenters. The van der Waals surface area contributed by atoms with Crippen molar-refractivity contribution < 1.29 is 9.53 Å². The number of hydrogen-bond donors (Lipinski definition) is 2. The summed E-state index contributed by atoms with van der Waals surface area (Å²) < 4.78 is 5.57. The van der Waals surface area contributed by atoms with Gasteiger partial charge in [0.15, 0.2) is 6.73 Å². The van der Waals surface area contributed by atoms with Crippen molar-refractivity contribution in [3.63, 3.8) is 0 Å². The van der Waals surface area contributed by atoms with Crippen LogP contribution in [0.3, 0.4) is 0 Å². The Labute approximate surface area is 169 Å². The molecule has 26 heavy (non-hydrogen) atoms. The molecule has 0 fully saturated rings. The predicted octanol–water partition coefficient (Wildman–Crippen LogP) is 4.68. The lowest BCUT2D eigenvalue weighted by molar-refractivity contribution is -0.110. The van der Waals surface area contributed by atoms with Crippen molar-refractivity contribution in [3.05, 3.63) is 63.1 Å². The SMILES string of the molecule is CN[C@H]1CC[C@@H](c2ccc(Cl)c(Cl)c2)c2ccc(OCNC=O)cc21.Cl. The molecule has 0 aromatic heterocycles. The van der Waals surface area contributed by atoms with E-state index in [0.29, 0.717) is 16.5 Å². The Morgan fingerprint density at radius 3 is 2.62 bits per heavy atom. The molecule has 0 heterocycles. The Kier molecular flexibility index (Phi) is 7.59. The molecule has 140 valence electrons. The topological polar surface area (TPSA) is 50.4 Å². The molecule has 1 aliphatic carbocycles. The molecule has 1 amide bonds. The van der Waals surface area contributed by atoms with Gasteiger partial charge in [-0.25, -0.2) is 0 Å². The average molecular weight is 416 g/mol. The van der Waals surface area contributed by atoms with Gasteiger partial charge in [0.1, 0.15) is 5.75 Å². The summed E-state index contributed by atoms with van der Waals surface area (Å²) in [7, 11) is 1.97. The first-order chi connectivity index (χ1) is 12.1. The maximum absolute atomic E-state index is 10.4. The summed E-state index contributed by atoms with van der Waals surface area (Å²) in [5.41, 5.74) is 3.65. The fourth-order valence-corrected chi connectivity index (χ4v) is 3.75. The third kappa shape index (κ3) is 4.44. The Balaban J connectivity index is 0.00000243. The zero-order chi connectivity index (χ0) is 17.8. The number of halogens is 3. The molecule has 0 spiro atoms. The highest BCUT2D eigenvalue weighted by Gasteiger charge is 2.28. The highest BCUT2D eigenvalue weighted by molar-refractivity contribution is 6.42. The second-order valence-electron chi connectivity index (χ2n) is 6.05. The first-order valence-corrected chi connectivity index (χ1v) is 8.95. The van der Waals surface area contributed by atoms with E-state index in [9.17, 15) is 4.79 Å². The van der Waals surface area contributed by atoms with Crippen LogP contribution in [0.2, 0.25) is 10.0 Å². The summed E-state index contributed by atoms with van der Waals surface area (Å²) in [5, 5.41) is 7.03. The Morgan fingerprint density at radius 2 is 1.92 bits per heavy atom. The van der Waals surface area contributed by atoms with Crippen LogP contribution in [-0.2, 0) is 4.79 Å². The van der Waals surface area contributed by atoms with E-state index in [4.69, 9.17) is 27.9 Å². The summed E-state index contributed by atoms with van der Waals surface area (Å²) in [5.74, 6) is 1.01. The standard InChI is InChI=1S/C19H20Cl2N2O2.ClH/c1-22-19-7-5-14(12-2-6-17(20)18(21)8-12)15-4-3-13(9-16(15)19)25-11-23-10-24;/h2-4,6,8-10,14,19,22H,5,7,11H2,1H3,(H,23,24);1H/t14-,19-;/m0./s1. The molecule has 7 heteroatoms. The number of rotatable bonds is 6. The number of benzene rings is 2. The van der Waals surface area contributed by atoms with Crippen molar-refractivity contribution in [3.8, 4) is 5.75 Å². The van der Waals surface area contributed by atoms with Crippen LogP contribution in [0.25, 0.3) is 0 Å². The van der Waals surface area contributed by atoms with Gasteiger partial charge in [0.05, 0.1) is 10.0 Å². The minimum atomic E-state index is 0. The molecular weight excluding hydrogens is 395 g/mol. The third-order valence-corrected chi connectivity index (χ3v) is 5.39. The number of nitrogens with one attached hydrogen (secondary N) is 2. The van der Waals surface area contributed by atoms with Gasteiger partial charge in [-0.3, -0.25) is 4.79 Å². The third-order valence-electron chi connectivity index (χ3n) is 4.65. The monoisotopic (exact) mass is 414 g/mol. The van der Waals surface area contributed by atoms with Crippen LogP contribution in [0.1, 0.15) is 41.5 Å². The molecule has 0 saturated heterocycles. The lowest BCUT2D eigenvalue weighted by Gasteiger charge is -2.32. The van der Waals surface area contributed by atoms with Crippen molar-refractivity contribution in [2.45, 2.75) is 24.8 Å². The molecule has 2 N–H and O–H groups in total. The largest absolute Gasteiger partial charge is 0.473 e. The maximum atomic E-state index is 10.4. The van der Waals surface area contributed by atoms with Crippen LogP contribution in [0.4, 0.5) is 0 Å². The molecule has 0 aliphatic heterocycles. The minimum Gasteiger partial charge on any atom is -0.473 e. The van der Waals surface area contributed by atoms with Gasteiger partial charge in [-0.2, -0.15) is 0 Å². The number of amides is 1. The summed E-state index contributed by atoms with van der Waals surface area (Å²) >= 11 is 12.3. The normalized spacial score (nSPS) is 18.4. The zero-order valence-electron chi connectivity index (χ0n) is 14.3. The van der Waals surface area contributed by atoms with Gasteiger partial charge in [-0.1, -0.05) is 35.3 Å². The fourth-order valence-electron chi connectivity index (χ4n) is 3.44. The van der Waals surface area contributed by atoms with Crippen LogP contribution in [-0.4, -0.2) is 20.2 Å². The summed E-state index contributed by atoms with van der Waals surface area (Å²) in [4.78, 5) is 10.4. The van der Waals surface area contributed by atoms with E-state index in [1.807, 2.05) is 37.4 Å². The number of ether oxygens (including phenoxy) is 1. The molecule has 2 aromatic carbocycles. The molecule has 2 aromatic rings. The molecule has 3 rings (SSSR count). The van der Waals surface area contributed by atoms with E-state index in [1.165, 1.54) is 16.7 Å².